The third-order valence-electron chi connectivity index (χ3n) is 2.67. The third kappa shape index (κ3) is 1.32. The second-order valence-electron chi connectivity index (χ2n) is 3.68. The lowest BCUT2D eigenvalue weighted by molar-refractivity contribution is 0.0702. The molecule has 84 valence electrons. The minimum atomic E-state index is -1.05. The first kappa shape index (κ1) is 10.2. The first-order valence-electron chi connectivity index (χ1n) is 4.79. The molecule has 17 heavy (non-hydrogen) atoms. The van der Waals surface area contributed by atoms with Crippen LogP contribution in [0.5, 0.6) is 0 Å². The Morgan fingerprint density at radius 2 is 1.94 bits per heavy atom. The smallest absolute Gasteiger partial charge is 0.345 e. The molecular formula is C12H5FO3S. The first-order chi connectivity index (χ1) is 8.08. The van der Waals surface area contributed by atoms with Crippen LogP contribution in [-0.2, 0) is 0 Å². The number of fused-ring (bicyclic) bond motifs is 3. The van der Waals surface area contributed by atoms with Gasteiger partial charge in [-0.25, -0.2) is 9.18 Å². The van der Waals surface area contributed by atoms with Crippen molar-refractivity contribution in [1.29, 1.82) is 0 Å². The van der Waals surface area contributed by atoms with Gasteiger partial charge in [-0.15, -0.1) is 11.3 Å². The summed E-state index contributed by atoms with van der Waals surface area (Å²) >= 11 is 0.929. The second-order valence-corrected chi connectivity index (χ2v) is 4.73. The maximum absolute atomic E-state index is 13.0. The van der Waals surface area contributed by atoms with Crippen molar-refractivity contribution in [3.8, 4) is 11.1 Å². The topological polar surface area (TPSA) is 54.4 Å². The molecule has 0 bridgehead atoms. The molecule has 0 radical (unpaired) electrons. The van der Waals surface area contributed by atoms with Gasteiger partial charge >= 0.3 is 5.97 Å². The van der Waals surface area contributed by atoms with Crippen molar-refractivity contribution >= 4 is 23.1 Å². The van der Waals surface area contributed by atoms with E-state index < -0.39 is 11.8 Å². The maximum atomic E-state index is 13.0. The molecule has 1 aromatic heterocycles. The van der Waals surface area contributed by atoms with Crippen molar-refractivity contribution in [3.05, 3.63) is 45.4 Å². The number of hydrogen-bond donors (Lipinski definition) is 1. The predicted octanol–water partition coefficient (Wildman–Crippen LogP) is 2.80. The summed E-state index contributed by atoms with van der Waals surface area (Å²) in [6, 6.07) is 5.42. The van der Waals surface area contributed by atoms with E-state index in [1.165, 1.54) is 24.3 Å². The average molecular weight is 248 g/mol. The van der Waals surface area contributed by atoms with Crippen molar-refractivity contribution in [2.24, 2.45) is 0 Å². The maximum Gasteiger partial charge on any atom is 0.345 e. The lowest BCUT2D eigenvalue weighted by Gasteiger charge is -1.97. The van der Waals surface area contributed by atoms with E-state index >= 15 is 0 Å². The molecule has 1 aromatic carbocycles. The zero-order chi connectivity index (χ0) is 12.2. The van der Waals surface area contributed by atoms with Crippen LogP contribution < -0.4 is 0 Å². The zero-order valence-electron chi connectivity index (χ0n) is 8.36. The molecule has 0 atom stereocenters. The Morgan fingerprint density at radius 1 is 1.18 bits per heavy atom. The molecule has 1 aliphatic carbocycles. The Bertz CT molecular complexity index is 672. The van der Waals surface area contributed by atoms with E-state index in [9.17, 15) is 14.0 Å². The summed E-state index contributed by atoms with van der Waals surface area (Å²) in [6.07, 6.45) is 0. The van der Waals surface area contributed by atoms with E-state index in [4.69, 9.17) is 5.11 Å². The van der Waals surface area contributed by atoms with Gasteiger partial charge in [0.15, 0.2) is 0 Å². The minimum absolute atomic E-state index is 0.123. The van der Waals surface area contributed by atoms with Gasteiger partial charge in [0.25, 0.3) is 0 Å². The van der Waals surface area contributed by atoms with Crippen molar-refractivity contribution < 1.29 is 19.1 Å². The number of carboxylic acid groups (broad SMARTS) is 1. The highest BCUT2D eigenvalue weighted by atomic mass is 32.1. The number of ketones is 1. The van der Waals surface area contributed by atoms with E-state index in [0.717, 1.165) is 11.3 Å². The molecule has 3 nitrogen and oxygen atoms in total. The summed E-state index contributed by atoms with van der Waals surface area (Å²) in [5.41, 5.74) is 1.51. The molecular weight excluding hydrogens is 243 g/mol. The molecule has 0 amide bonds. The standard InChI is InChI=1S/C12H5FO3S/c13-5-1-2-6-7(3-5)10(14)11-8(6)4-9(17-11)12(15)16/h1-4H,(H,15,16). The fraction of sp³-hybridized carbons (Fsp3) is 0. The highest BCUT2D eigenvalue weighted by Crippen LogP contribution is 2.41. The van der Waals surface area contributed by atoms with Crippen molar-refractivity contribution in [3.63, 3.8) is 0 Å². The molecule has 0 fully saturated rings. The molecule has 1 heterocycles. The molecule has 1 aliphatic rings. The minimum Gasteiger partial charge on any atom is -0.477 e. The van der Waals surface area contributed by atoms with Gasteiger partial charge in [-0.1, -0.05) is 6.07 Å². The van der Waals surface area contributed by atoms with E-state index in [-0.39, 0.29) is 10.7 Å². The van der Waals surface area contributed by atoms with Crippen molar-refractivity contribution in [1.82, 2.24) is 0 Å². The van der Waals surface area contributed by atoms with Crippen LogP contribution in [0.2, 0.25) is 0 Å². The van der Waals surface area contributed by atoms with Gasteiger partial charge in [-0.3, -0.25) is 4.79 Å². The van der Waals surface area contributed by atoms with Gasteiger partial charge in [0.05, 0.1) is 4.88 Å². The van der Waals surface area contributed by atoms with Crippen LogP contribution in [0.25, 0.3) is 11.1 Å². The fourth-order valence-corrected chi connectivity index (χ4v) is 2.89. The van der Waals surface area contributed by atoms with Gasteiger partial charge in [0.2, 0.25) is 5.78 Å². The Morgan fingerprint density at radius 3 is 2.65 bits per heavy atom. The number of thiophene rings is 1. The number of aromatic carboxylic acids is 1. The number of benzene rings is 1. The number of hydrogen-bond acceptors (Lipinski definition) is 3. The van der Waals surface area contributed by atoms with Gasteiger partial charge < -0.3 is 5.11 Å². The summed E-state index contributed by atoms with van der Waals surface area (Å²) in [4.78, 5) is 23.2. The molecule has 3 rings (SSSR count). The average Bonchev–Trinajstić information content (AvgIpc) is 2.80. The molecule has 1 N–H and O–H groups in total. The van der Waals surface area contributed by atoms with Gasteiger partial charge in [0.1, 0.15) is 10.7 Å². The molecule has 0 saturated carbocycles. The molecule has 2 aromatic rings. The van der Waals surface area contributed by atoms with Gasteiger partial charge in [0, 0.05) is 11.1 Å². The first-order valence-corrected chi connectivity index (χ1v) is 5.61. The van der Waals surface area contributed by atoms with Crippen LogP contribution in [0.15, 0.2) is 24.3 Å². The fourth-order valence-electron chi connectivity index (χ4n) is 1.93. The van der Waals surface area contributed by atoms with Crippen LogP contribution in [0.1, 0.15) is 24.9 Å². The quantitative estimate of drug-likeness (QED) is 0.720. The van der Waals surface area contributed by atoms with Crippen LogP contribution >= 0.6 is 11.3 Å². The number of carbonyl (C=O) groups is 2. The van der Waals surface area contributed by atoms with Crippen LogP contribution in [0.4, 0.5) is 4.39 Å². The molecule has 0 saturated heterocycles. The summed E-state index contributed by atoms with van der Waals surface area (Å²) in [5, 5.41) is 8.86. The molecule has 0 spiro atoms. The molecule has 0 unspecified atom stereocenters. The van der Waals surface area contributed by atoms with Gasteiger partial charge in [-0.05, 0) is 23.8 Å². The van der Waals surface area contributed by atoms with Crippen molar-refractivity contribution in [2.45, 2.75) is 0 Å². The Kier molecular flexibility index (Phi) is 1.94. The number of halogens is 1. The molecule has 5 heteroatoms. The summed E-state index contributed by atoms with van der Waals surface area (Å²) < 4.78 is 13.0. The predicted molar refractivity (Wildman–Crippen MR) is 60.1 cm³/mol. The SMILES string of the molecule is O=C(O)c1cc2c(s1)C(=O)c1cc(F)ccc1-2. The summed E-state index contributed by atoms with van der Waals surface area (Å²) in [7, 11) is 0. The lowest BCUT2D eigenvalue weighted by Crippen LogP contribution is -1.95. The van der Waals surface area contributed by atoms with E-state index in [0.29, 0.717) is 21.6 Å². The highest BCUT2D eigenvalue weighted by Gasteiger charge is 2.30. The highest BCUT2D eigenvalue weighted by molar-refractivity contribution is 7.16. The largest absolute Gasteiger partial charge is 0.477 e. The second kappa shape index (κ2) is 3.24. The summed E-state index contributed by atoms with van der Waals surface area (Å²) in [6.45, 7) is 0. The van der Waals surface area contributed by atoms with Crippen LogP contribution in [0, 0.1) is 5.82 Å². The number of rotatable bonds is 1. The zero-order valence-corrected chi connectivity index (χ0v) is 9.18. The van der Waals surface area contributed by atoms with Crippen molar-refractivity contribution in [2.75, 3.05) is 0 Å². The van der Waals surface area contributed by atoms with Gasteiger partial charge in [-0.2, -0.15) is 0 Å². The summed E-state index contributed by atoms with van der Waals surface area (Å²) in [5.74, 6) is -1.82. The Labute approximate surface area is 99.1 Å². The lowest BCUT2D eigenvalue weighted by atomic mass is 10.1. The number of carboxylic acids is 1. The Hall–Kier alpha value is -2.01. The van der Waals surface area contributed by atoms with Crippen LogP contribution in [-0.4, -0.2) is 16.9 Å². The van der Waals surface area contributed by atoms with E-state index in [1.54, 1.807) is 0 Å². The monoisotopic (exact) mass is 248 g/mol. The Balaban J connectivity index is 2.27. The van der Waals surface area contributed by atoms with Crippen LogP contribution in [0.3, 0.4) is 0 Å². The molecule has 0 aliphatic heterocycles. The normalized spacial score (nSPS) is 12.4. The number of carbonyl (C=O) groups excluding carboxylic acids is 1. The van der Waals surface area contributed by atoms with E-state index in [2.05, 4.69) is 0 Å². The third-order valence-corrected chi connectivity index (χ3v) is 3.79. The van der Waals surface area contributed by atoms with E-state index in [1.807, 2.05) is 0 Å².